The summed E-state index contributed by atoms with van der Waals surface area (Å²) in [7, 11) is -4.14. The van der Waals surface area contributed by atoms with E-state index in [2.05, 4.69) is 10.0 Å². The fourth-order valence-electron chi connectivity index (χ4n) is 2.17. The molecule has 0 saturated carbocycles. The highest BCUT2D eigenvalue weighted by molar-refractivity contribution is 7.89. The van der Waals surface area contributed by atoms with E-state index in [9.17, 15) is 27.7 Å². The molecule has 0 heterocycles. The van der Waals surface area contributed by atoms with Crippen LogP contribution in [0.4, 0.5) is 15.8 Å². The van der Waals surface area contributed by atoms with Crippen LogP contribution in [0.1, 0.15) is 11.1 Å². The highest BCUT2D eigenvalue weighted by Crippen LogP contribution is 2.25. The van der Waals surface area contributed by atoms with Crippen LogP contribution in [-0.4, -0.2) is 25.8 Å². The zero-order valence-electron chi connectivity index (χ0n) is 13.9. The molecular weight excluding hydrogens is 365 g/mol. The largest absolute Gasteiger partial charge is 0.325 e. The maximum absolute atomic E-state index is 12.8. The number of non-ortho nitro benzene ring substituents is 1. The number of hydrogen-bond donors (Lipinski definition) is 2. The van der Waals surface area contributed by atoms with E-state index in [1.807, 2.05) is 0 Å². The zero-order chi connectivity index (χ0) is 19.5. The van der Waals surface area contributed by atoms with Crippen LogP contribution in [0, 0.1) is 29.8 Å². The number of nitro groups is 1. The molecule has 0 radical (unpaired) electrons. The number of carbonyl (C=O) groups is 1. The maximum Gasteiger partial charge on any atom is 0.271 e. The molecule has 26 heavy (non-hydrogen) atoms. The van der Waals surface area contributed by atoms with Gasteiger partial charge in [0.25, 0.3) is 5.69 Å². The molecule has 0 aliphatic carbocycles. The Bertz CT molecular complexity index is 959. The SMILES string of the molecule is Cc1cc([N+](=O)[O-])cc(S(=O)(=O)NCC(=O)Nc2ccc(F)cc2)c1C. The van der Waals surface area contributed by atoms with Crippen molar-refractivity contribution in [2.24, 2.45) is 0 Å². The number of carbonyl (C=O) groups excluding carboxylic acids is 1. The van der Waals surface area contributed by atoms with E-state index < -0.39 is 33.2 Å². The molecule has 0 aliphatic rings. The van der Waals surface area contributed by atoms with Gasteiger partial charge in [-0.3, -0.25) is 14.9 Å². The van der Waals surface area contributed by atoms with Crippen LogP contribution in [0.5, 0.6) is 0 Å². The van der Waals surface area contributed by atoms with Gasteiger partial charge in [0.15, 0.2) is 0 Å². The molecule has 2 aromatic carbocycles. The lowest BCUT2D eigenvalue weighted by molar-refractivity contribution is -0.385. The number of rotatable bonds is 6. The van der Waals surface area contributed by atoms with Gasteiger partial charge in [-0.25, -0.2) is 17.5 Å². The van der Waals surface area contributed by atoms with Crippen molar-refractivity contribution in [3.63, 3.8) is 0 Å². The second-order valence-electron chi connectivity index (χ2n) is 5.52. The normalized spacial score (nSPS) is 11.2. The standard InChI is InChI=1S/C16H16FN3O5S/c1-10-7-14(20(22)23)8-15(11(10)2)26(24,25)18-9-16(21)19-13-5-3-12(17)4-6-13/h3-8,18H,9H2,1-2H3,(H,19,21). The Kier molecular flexibility index (Phi) is 5.68. The molecule has 0 aliphatic heterocycles. The first-order valence-corrected chi connectivity index (χ1v) is 8.89. The van der Waals surface area contributed by atoms with Crippen LogP contribution in [0.25, 0.3) is 0 Å². The molecule has 0 atom stereocenters. The first kappa shape index (κ1) is 19.5. The lowest BCUT2D eigenvalue weighted by atomic mass is 10.1. The molecule has 1 amide bonds. The average molecular weight is 381 g/mol. The lowest BCUT2D eigenvalue weighted by Gasteiger charge is -2.11. The van der Waals surface area contributed by atoms with Gasteiger partial charge in [-0.15, -0.1) is 0 Å². The van der Waals surface area contributed by atoms with Gasteiger partial charge in [0.2, 0.25) is 15.9 Å². The van der Waals surface area contributed by atoms with Gasteiger partial charge in [-0.05, 0) is 49.2 Å². The van der Waals surface area contributed by atoms with Crippen LogP contribution in [0.2, 0.25) is 0 Å². The van der Waals surface area contributed by atoms with Crippen molar-refractivity contribution in [3.05, 3.63) is 63.5 Å². The van der Waals surface area contributed by atoms with E-state index in [-0.39, 0.29) is 10.6 Å². The van der Waals surface area contributed by atoms with Crippen molar-refractivity contribution in [2.45, 2.75) is 18.7 Å². The maximum atomic E-state index is 12.8. The molecule has 2 N–H and O–H groups in total. The fraction of sp³-hybridized carbons (Fsp3) is 0.188. The Morgan fingerprint density at radius 1 is 1.19 bits per heavy atom. The third-order valence-corrected chi connectivity index (χ3v) is 5.18. The molecule has 0 unspecified atom stereocenters. The van der Waals surface area contributed by atoms with Crippen molar-refractivity contribution in [3.8, 4) is 0 Å². The Morgan fingerprint density at radius 3 is 2.38 bits per heavy atom. The number of sulfonamides is 1. The quantitative estimate of drug-likeness (QED) is 0.588. The molecule has 138 valence electrons. The topological polar surface area (TPSA) is 118 Å². The van der Waals surface area contributed by atoms with Gasteiger partial charge in [-0.1, -0.05) is 0 Å². The van der Waals surface area contributed by atoms with Gasteiger partial charge < -0.3 is 5.32 Å². The minimum absolute atomic E-state index is 0.265. The molecule has 0 fully saturated rings. The van der Waals surface area contributed by atoms with Crippen LogP contribution >= 0.6 is 0 Å². The number of nitrogens with zero attached hydrogens (tertiary/aromatic N) is 1. The smallest absolute Gasteiger partial charge is 0.271 e. The molecule has 2 rings (SSSR count). The first-order chi connectivity index (χ1) is 12.1. The minimum Gasteiger partial charge on any atom is -0.325 e. The monoisotopic (exact) mass is 381 g/mol. The van der Waals surface area contributed by atoms with Gasteiger partial charge >= 0.3 is 0 Å². The number of benzene rings is 2. The van der Waals surface area contributed by atoms with Crippen LogP contribution < -0.4 is 10.0 Å². The predicted molar refractivity (Wildman–Crippen MR) is 92.8 cm³/mol. The summed E-state index contributed by atoms with van der Waals surface area (Å²) in [5, 5.41) is 13.3. The molecule has 0 bridgehead atoms. The molecule has 10 heteroatoms. The fourth-order valence-corrected chi connectivity index (χ4v) is 3.49. The Hall–Kier alpha value is -2.85. The molecule has 8 nitrogen and oxygen atoms in total. The summed E-state index contributed by atoms with van der Waals surface area (Å²) in [5.41, 5.74) is 0.736. The van der Waals surface area contributed by atoms with E-state index in [1.54, 1.807) is 6.92 Å². The second-order valence-corrected chi connectivity index (χ2v) is 7.26. The van der Waals surface area contributed by atoms with E-state index >= 15 is 0 Å². The lowest BCUT2D eigenvalue weighted by Crippen LogP contribution is -2.33. The number of nitrogens with one attached hydrogen (secondary N) is 2. The average Bonchev–Trinajstić information content (AvgIpc) is 2.57. The first-order valence-electron chi connectivity index (χ1n) is 7.41. The molecule has 0 spiro atoms. The van der Waals surface area contributed by atoms with Crippen molar-refractivity contribution in [1.82, 2.24) is 4.72 Å². The van der Waals surface area contributed by atoms with Crippen molar-refractivity contribution in [1.29, 1.82) is 0 Å². The number of aryl methyl sites for hydroxylation is 1. The number of nitro benzene ring substituents is 1. The summed E-state index contributed by atoms with van der Waals surface area (Å²) in [4.78, 5) is 21.8. The van der Waals surface area contributed by atoms with Gasteiger partial charge in [0, 0.05) is 17.8 Å². The Morgan fingerprint density at radius 2 is 1.81 bits per heavy atom. The molecule has 0 saturated heterocycles. The van der Waals surface area contributed by atoms with Crippen LogP contribution in [0.15, 0.2) is 41.3 Å². The van der Waals surface area contributed by atoms with Crippen LogP contribution in [-0.2, 0) is 14.8 Å². The minimum atomic E-state index is -4.14. The van der Waals surface area contributed by atoms with Gasteiger partial charge in [0.1, 0.15) is 5.82 Å². The third-order valence-electron chi connectivity index (χ3n) is 3.66. The summed E-state index contributed by atoms with van der Waals surface area (Å²) in [5.74, 6) is -1.14. The van der Waals surface area contributed by atoms with Gasteiger partial charge in [0.05, 0.1) is 16.4 Å². The summed E-state index contributed by atoms with van der Waals surface area (Å²) < 4.78 is 39.8. The van der Waals surface area contributed by atoms with Crippen molar-refractivity contribution < 1.29 is 22.5 Å². The van der Waals surface area contributed by atoms with Gasteiger partial charge in [-0.2, -0.15) is 0 Å². The molecular formula is C16H16FN3O5S. The predicted octanol–water partition coefficient (Wildman–Crippen LogP) is 2.27. The summed E-state index contributed by atoms with van der Waals surface area (Å²) in [6.45, 7) is 2.50. The number of amides is 1. The molecule has 0 aromatic heterocycles. The van der Waals surface area contributed by atoms with Crippen molar-refractivity contribution in [2.75, 3.05) is 11.9 Å². The number of hydrogen-bond acceptors (Lipinski definition) is 5. The number of anilines is 1. The summed E-state index contributed by atoms with van der Waals surface area (Å²) >= 11 is 0. The zero-order valence-corrected chi connectivity index (χ0v) is 14.8. The Balaban J connectivity index is 2.14. The summed E-state index contributed by atoms with van der Waals surface area (Å²) in [6.07, 6.45) is 0. The third kappa shape index (κ3) is 4.61. The second kappa shape index (κ2) is 7.58. The number of halogens is 1. The van der Waals surface area contributed by atoms with E-state index in [0.29, 0.717) is 16.8 Å². The molecule has 2 aromatic rings. The summed E-state index contributed by atoms with van der Waals surface area (Å²) in [6, 6.07) is 7.17. The highest BCUT2D eigenvalue weighted by Gasteiger charge is 2.23. The van der Waals surface area contributed by atoms with Crippen molar-refractivity contribution >= 4 is 27.3 Å². The van der Waals surface area contributed by atoms with E-state index in [0.717, 1.165) is 18.2 Å². The van der Waals surface area contributed by atoms with E-state index in [1.165, 1.54) is 25.1 Å². The van der Waals surface area contributed by atoms with E-state index in [4.69, 9.17) is 0 Å². The van der Waals surface area contributed by atoms with Crippen LogP contribution in [0.3, 0.4) is 0 Å². The highest BCUT2D eigenvalue weighted by atomic mass is 32.2. The Labute approximate surface area is 149 Å².